The van der Waals surface area contributed by atoms with E-state index in [0.717, 1.165) is 0 Å². The van der Waals surface area contributed by atoms with Crippen molar-refractivity contribution in [3.05, 3.63) is 58.4 Å². The number of carbonyl (C=O) groups excluding carboxylic acids is 1. The molecule has 0 unspecified atom stereocenters. The number of rotatable bonds is 5. The fourth-order valence-corrected chi connectivity index (χ4v) is 2.03. The summed E-state index contributed by atoms with van der Waals surface area (Å²) in [6, 6.07) is 3.06. The lowest BCUT2D eigenvalue weighted by Crippen LogP contribution is -2.42. The number of nitrogens with one attached hydrogen (secondary N) is 3. The van der Waals surface area contributed by atoms with Crippen LogP contribution in [0.15, 0.2) is 45.0 Å². The number of aromatic amines is 1. The molecular weight excluding hydrogens is 340 g/mol. The molecule has 6 N–H and O–H groups in total. The molecule has 2 aromatic heterocycles. The van der Waals surface area contributed by atoms with E-state index in [1.807, 2.05) is 13.8 Å². The number of aliphatic hydroxyl groups is 1. The van der Waals surface area contributed by atoms with Crippen molar-refractivity contribution in [3.8, 4) is 0 Å². The van der Waals surface area contributed by atoms with Crippen molar-refractivity contribution in [2.45, 2.75) is 27.3 Å². The van der Waals surface area contributed by atoms with Gasteiger partial charge in [-0.2, -0.15) is 0 Å². The van der Waals surface area contributed by atoms with E-state index in [1.165, 1.54) is 16.9 Å². The number of amides is 1. The van der Waals surface area contributed by atoms with Crippen molar-refractivity contribution in [2.75, 3.05) is 6.61 Å². The number of aliphatic hydroxyl groups excluding tert-OH is 1. The molecule has 0 radical (unpaired) electrons. The molecule has 2 heterocycles. The van der Waals surface area contributed by atoms with Gasteiger partial charge in [-0.05, 0) is 19.1 Å². The first-order valence-electron chi connectivity index (χ1n) is 7.97. The second kappa shape index (κ2) is 9.89. The minimum Gasteiger partial charge on any atom is -0.459 e. The number of H-pyrrole nitrogens is 1. The third kappa shape index (κ3) is 5.11. The Morgan fingerprint density at radius 2 is 2.15 bits per heavy atom. The number of nitrogens with zero attached hydrogens (tertiary/aromatic N) is 2. The summed E-state index contributed by atoms with van der Waals surface area (Å²) in [6.07, 6.45) is 1.36. The zero-order valence-corrected chi connectivity index (χ0v) is 15.0. The van der Waals surface area contributed by atoms with Crippen molar-refractivity contribution in [1.29, 1.82) is 0 Å². The van der Waals surface area contributed by atoms with E-state index in [1.54, 1.807) is 13.0 Å². The van der Waals surface area contributed by atoms with Gasteiger partial charge in [0.05, 0.1) is 19.4 Å². The minimum absolute atomic E-state index is 0.0279. The minimum atomic E-state index is -0.537. The van der Waals surface area contributed by atoms with E-state index >= 15 is 0 Å². The molecule has 2 rings (SSSR count). The highest BCUT2D eigenvalue weighted by Crippen LogP contribution is 2.05. The smallest absolute Gasteiger partial charge is 0.326 e. The van der Waals surface area contributed by atoms with Gasteiger partial charge in [0.2, 0.25) is 0 Å². The van der Waals surface area contributed by atoms with E-state index in [4.69, 9.17) is 15.3 Å². The van der Waals surface area contributed by atoms with Crippen LogP contribution in [0.1, 0.15) is 35.8 Å². The number of carbonyl (C=O) groups is 1. The number of aliphatic imine (C=N–C) groups is 1. The van der Waals surface area contributed by atoms with Crippen LogP contribution >= 0.6 is 0 Å². The third-order valence-electron chi connectivity index (χ3n) is 3.10. The molecule has 0 saturated carbocycles. The van der Waals surface area contributed by atoms with Crippen molar-refractivity contribution in [1.82, 2.24) is 20.4 Å². The van der Waals surface area contributed by atoms with E-state index in [0.29, 0.717) is 11.4 Å². The number of aromatic nitrogens is 2. The van der Waals surface area contributed by atoms with Gasteiger partial charge < -0.3 is 20.2 Å². The summed E-state index contributed by atoms with van der Waals surface area (Å²) in [7, 11) is 0. The molecule has 10 nitrogen and oxygen atoms in total. The predicted octanol–water partition coefficient (Wildman–Crippen LogP) is 0.207. The molecule has 0 aromatic carbocycles. The molecule has 0 saturated heterocycles. The summed E-state index contributed by atoms with van der Waals surface area (Å²) in [5, 5.41) is 9.02. The first kappa shape index (κ1) is 20.8. The molecule has 142 valence electrons. The van der Waals surface area contributed by atoms with Crippen molar-refractivity contribution < 1.29 is 14.3 Å². The number of hydrogen-bond donors (Lipinski definition) is 5. The number of imidazole rings is 1. The molecule has 0 atom stereocenters. The summed E-state index contributed by atoms with van der Waals surface area (Å²) in [6.45, 7) is 9.06. The maximum atomic E-state index is 11.9. The predicted molar refractivity (Wildman–Crippen MR) is 97.4 cm³/mol. The van der Waals surface area contributed by atoms with Gasteiger partial charge in [-0.1, -0.05) is 20.4 Å². The van der Waals surface area contributed by atoms with Crippen LogP contribution in [-0.4, -0.2) is 33.0 Å². The lowest BCUT2D eigenvalue weighted by atomic mass is 10.3. The van der Waals surface area contributed by atoms with Crippen LogP contribution in [0.3, 0.4) is 0 Å². The molecule has 0 aliphatic heterocycles. The molecule has 2 aromatic rings. The fourth-order valence-electron chi connectivity index (χ4n) is 2.03. The molecule has 10 heteroatoms. The van der Waals surface area contributed by atoms with Gasteiger partial charge in [0.15, 0.2) is 11.6 Å². The van der Waals surface area contributed by atoms with E-state index in [-0.39, 0.29) is 30.6 Å². The Hall–Kier alpha value is -3.27. The highest BCUT2D eigenvalue weighted by Gasteiger charge is 2.17. The van der Waals surface area contributed by atoms with Crippen molar-refractivity contribution in [2.24, 2.45) is 10.7 Å². The van der Waals surface area contributed by atoms with Gasteiger partial charge in [-0.25, -0.2) is 9.79 Å². The Bertz CT molecular complexity index is 816. The molecule has 1 amide bonds. The Morgan fingerprint density at radius 3 is 2.69 bits per heavy atom. The van der Waals surface area contributed by atoms with Crippen LogP contribution in [0.4, 0.5) is 0 Å². The van der Waals surface area contributed by atoms with Crippen molar-refractivity contribution in [3.63, 3.8) is 0 Å². The SMILES string of the molecule is C=C(N)/N=C(/NNC(=O)c1ccco1)c1[nH]c(=O)n(CCO)c1C.CC. The number of hydrogen-bond acceptors (Lipinski definition) is 6. The van der Waals surface area contributed by atoms with Crippen molar-refractivity contribution >= 4 is 11.7 Å². The normalized spacial score (nSPS) is 10.7. The van der Waals surface area contributed by atoms with Crippen LogP contribution in [0.5, 0.6) is 0 Å². The van der Waals surface area contributed by atoms with Crippen LogP contribution in [0.2, 0.25) is 0 Å². The molecule has 0 spiro atoms. The van der Waals surface area contributed by atoms with Gasteiger partial charge in [-0.15, -0.1) is 0 Å². The van der Waals surface area contributed by atoms with Crippen LogP contribution in [0.25, 0.3) is 0 Å². The standard InChI is InChI=1S/C14H18N6O4.C2H6/c1-8-11(17-14(23)20(8)5-6-21)12(16-9(2)15)18-19-13(22)10-4-3-7-24-10;1-2/h3-4,7,21H,2,5-6,15H2,1H3,(H,16,18)(H,17,23)(H,19,22);1-2H3. The van der Waals surface area contributed by atoms with Gasteiger partial charge in [0.1, 0.15) is 11.5 Å². The Kier molecular flexibility index (Phi) is 7.90. The maximum Gasteiger partial charge on any atom is 0.326 e. The first-order chi connectivity index (χ1) is 12.4. The van der Waals surface area contributed by atoms with Gasteiger partial charge in [-0.3, -0.25) is 20.2 Å². The summed E-state index contributed by atoms with van der Waals surface area (Å²) < 4.78 is 6.30. The van der Waals surface area contributed by atoms with Gasteiger partial charge in [0, 0.05) is 5.69 Å². The second-order valence-electron chi connectivity index (χ2n) is 4.77. The van der Waals surface area contributed by atoms with E-state index in [9.17, 15) is 9.59 Å². The average Bonchev–Trinajstić information content (AvgIpc) is 3.24. The molecule has 0 bridgehead atoms. The number of nitrogens with two attached hydrogens (primary N) is 1. The molecule has 0 fully saturated rings. The lowest BCUT2D eigenvalue weighted by molar-refractivity contribution is 0.0916. The fraction of sp³-hybridized carbons (Fsp3) is 0.312. The summed E-state index contributed by atoms with van der Waals surface area (Å²) in [5.41, 5.74) is 10.9. The Morgan fingerprint density at radius 1 is 1.46 bits per heavy atom. The topological polar surface area (TPSA) is 151 Å². The number of amidine groups is 1. The van der Waals surface area contributed by atoms with E-state index in [2.05, 4.69) is 27.4 Å². The summed E-state index contributed by atoms with van der Waals surface area (Å²) >= 11 is 0. The molecule has 0 aliphatic rings. The quantitative estimate of drug-likeness (QED) is 0.291. The van der Waals surface area contributed by atoms with Crippen LogP contribution in [0, 0.1) is 6.92 Å². The summed E-state index contributed by atoms with van der Waals surface area (Å²) in [5.74, 6) is -0.379. The number of hydrazine groups is 1. The maximum absolute atomic E-state index is 11.9. The van der Waals surface area contributed by atoms with Crippen LogP contribution in [-0.2, 0) is 6.54 Å². The molecule has 0 aliphatic carbocycles. The second-order valence-corrected chi connectivity index (χ2v) is 4.77. The zero-order chi connectivity index (χ0) is 19.7. The number of furan rings is 1. The Balaban J connectivity index is 0.00000163. The monoisotopic (exact) mass is 364 g/mol. The van der Waals surface area contributed by atoms with Crippen LogP contribution < -0.4 is 22.3 Å². The molecular formula is C16H24N6O4. The average molecular weight is 364 g/mol. The Labute approximate surface area is 150 Å². The third-order valence-corrected chi connectivity index (χ3v) is 3.10. The molecule has 26 heavy (non-hydrogen) atoms. The highest BCUT2D eigenvalue weighted by molar-refractivity contribution is 6.01. The van der Waals surface area contributed by atoms with Gasteiger partial charge >= 0.3 is 11.6 Å². The largest absolute Gasteiger partial charge is 0.459 e. The lowest BCUT2D eigenvalue weighted by Gasteiger charge is -2.10. The highest BCUT2D eigenvalue weighted by atomic mass is 16.3. The van der Waals surface area contributed by atoms with Gasteiger partial charge in [0.25, 0.3) is 0 Å². The van der Waals surface area contributed by atoms with E-state index < -0.39 is 11.6 Å². The zero-order valence-electron chi connectivity index (χ0n) is 15.0. The summed E-state index contributed by atoms with van der Waals surface area (Å²) in [4.78, 5) is 30.4. The first-order valence-corrected chi connectivity index (χ1v) is 7.97.